The molecule has 74 valence electrons. The lowest BCUT2D eigenvalue weighted by Crippen LogP contribution is -2.43. The van der Waals surface area contributed by atoms with Gasteiger partial charge in [-0.3, -0.25) is 4.90 Å². The Morgan fingerprint density at radius 2 is 2.00 bits per heavy atom. The van der Waals surface area contributed by atoms with Gasteiger partial charge in [-0.15, -0.1) is 6.42 Å². The number of hydrogen-bond donors (Lipinski definition) is 0. The third-order valence-corrected chi connectivity index (χ3v) is 3.45. The van der Waals surface area contributed by atoms with Gasteiger partial charge < -0.3 is 0 Å². The fraction of sp³-hybridized carbons (Fsp3) is 0.833. The van der Waals surface area contributed by atoms with E-state index in [9.17, 15) is 0 Å². The fourth-order valence-corrected chi connectivity index (χ4v) is 2.15. The highest BCUT2D eigenvalue weighted by molar-refractivity contribution is 5.10. The van der Waals surface area contributed by atoms with E-state index in [1.54, 1.807) is 0 Å². The first-order chi connectivity index (χ1) is 6.07. The molecule has 1 saturated carbocycles. The van der Waals surface area contributed by atoms with Gasteiger partial charge in [-0.05, 0) is 32.2 Å². The van der Waals surface area contributed by atoms with Crippen molar-refractivity contribution >= 4 is 0 Å². The summed E-state index contributed by atoms with van der Waals surface area (Å²) in [5.74, 6) is 3.46. The molecule has 0 aliphatic heterocycles. The minimum absolute atomic E-state index is 0.308. The molecule has 0 heterocycles. The van der Waals surface area contributed by atoms with Gasteiger partial charge in [0.2, 0.25) is 0 Å². The Bertz CT molecular complexity index is 208. The van der Waals surface area contributed by atoms with Crippen molar-refractivity contribution in [2.75, 3.05) is 7.05 Å². The predicted octanol–water partition coefficient (Wildman–Crippen LogP) is 2.52. The average Bonchev–Trinajstić information content (AvgIpc) is 2.84. The van der Waals surface area contributed by atoms with Gasteiger partial charge in [0.15, 0.2) is 0 Å². The van der Waals surface area contributed by atoms with Crippen molar-refractivity contribution in [1.29, 1.82) is 0 Å². The summed E-state index contributed by atoms with van der Waals surface area (Å²) in [6.07, 6.45) is 9.44. The highest BCUT2D eigenvalue weighted by Crippen LogP contribution is 2.45. The van der Waals surface area contributed by atoms with Crippen LogP contribution in [0.2, 0.25) is 0 Å². The van der Waals surface area contributed by atoms with Crippen molar-refractivity contribution in [2.24, 2.45) is 5.92 Å². The summed E-state index contributed by atoms with van der Waals surface area (Å²) in [6, 6.07) is 0.308. The van der Waals surface area contributed by atoms with E-state index in [-0.39, 0.29) is 0 Å². The summed E-state index contributed by atoms with van der Waals surface area (Å²) < 4.78 is 0. The molecule has 0 saturated heterocycles. The highest BCUT2D eigenvalue weighted by Gasteiger charge is 2.46. The smallest absolute Gasteiger partial charge is 0.0737 e. The van der Waals surface area contributed by atoms with Crippen molar-refractivity contribution in [3.63, 3.8) is 0 Å². The fourth-order valence-electron chi connectivity index (χ4n) is 2.15. The minimum atomic E-state index is 0.308. The second-order valence-corrected chi connectivity index (χ2v) is 4.54. The van der Waals surface area contributed by atoms with Crippen molar-refractivity contribution in [1.82, 2.24) is 4.90 Å². The van der Waals surface area contributed by atoms with Gasteiger partial charge in [0.05, 0.1) is 6.04 Å². The van der Waals surface area contributed by atoms with E-state index in [1.807, 2.05) is 0 Å². The maximum Gasteiger partial charge on any atom is 0.0737 e. The molecule has 1 aliphatic rings. The molecule has 0 radical (unpaired) electrons. The predicted molar refractivity (Wildman–Crippen MR) is 57.5 cm³/mol. The summed E-state index contributed by atoms with van der Waals surface area (Å²) in [4.78, 5) is 2.41. The first kappa shape index (κ1) is 10.6. The maximum absolute atomic E-state index is 5.56. The minimum Gasteiger partial charge on any atom is -0.287 e. The largest absolute Gasteiger partial charge is 0.287 e. The molecule has 0 amide bonds. The molecule has 0 spiro atoms. The van der Waals surface area contributed by atoms with Crippen LogP contribution >= 0.6 is 0 Å². The van der Waals surface area contributed by atoms with Crippen LogP contribution < -0.4 is 0 Å². The van der Waals surface area contributed by atoms with Crippen LogP contribution in [0.25, 0.3) is 0 Å². The Hall–Kier alpha value is -0.480. The van der Waals surface area contributed by atoms with Crippen LogP contribution in [-0.4, -0.2) is 23.5 Å². The summed E-state index contributed by atoms with van der Waals surface area (Å²) in [5, 5.41) is 0. The van der Waals surface area contributed by atoms with E-state index in [4.69, 9.17) is 6.42 Å². The van der Waals surface area contributed by atoms with Gasteiger partial charge in [0, 0.05) is 5.54 Å². The van der Waals surface area contributed by atoms with Gasteiger partial charge in [0.25, 0.3) is 0 Å². The standard InChI is InChI=1S/C12H21N/c1-6-11(10(3)4)13(5)12(7-2)8-9-12/h1,10-11H,7-9H2,2-5H3. The summed E-state index contributed by atoms with van der Waals surface area (Å²) in [6.45, 7) is 6.66. The molecule has 1 heteroatoms. The Balaban J connectivity index is 2.65. The molecule has 13 heavy (non-hydrogen) atoms. The van der Waals surface area contributed by atoms with Gasteiger partial charge in [-0.25, -0.2) is 0 Å². The molecule has 1 rings (SSSR count). The van der Waals surface area contributed by atoms with Crippen LogP contribution in [0.5, 0.6) is 0 Å². The van der Waals surface area contributed by atoms with Gasteiger partial charge in [0.1, 0.15) is 0 Å². The van der Waals surface area contributed by atoms with Gasteiger partial charge in [-0.1, -0.05) is 26.7 Å². The third-order valence-electron chi connectivity index (χ3n) is 3.45. The normalized spacial score (nSPS) is 21.6. The summed E-state index contributed by atoms with van der Waals surface area (Å²) >= 11 is 0. The van der Waals surface area contributed by atoms with E-state index in [1.165, 1.54) is 19.3 Å². The number of rotatable bonds is 4. The molecule has 1 unspecified atom stereocenters. The average molecular weight is 179 g/mol. The van der Waals surface area contributed by atoms with E-state index in [0.717, 1.165) is 0 Å². The molecule has 0 aromatic heterocycles. The highest BCUT2D eigenvalue weighted by atomic mass is 15.2. The number of hydrogen-bond acceptors (Lipinski definition) is 1. The summed E-state index contributed by atoms with van der Waals surface area (Å²) in [7, 11) is 2.18. The van der Waals surface area contributed by atoms with Crippen molar-refractivity contribution in [2.45, 2.75) is 51.6 Å². The van der Waals surface area contributed by atoms with Crippen LogP contribution in [-0.2, 0) is 0 Å². The molecular weight excluding hydrogens is 158 g/mol. The van der Waals surface area contributed by atoms with Crippen molar-refractivity contribution in [3.05, 3.63) is 0 Å². The van der Waals surface area contributed by atoms with Crippen molar-refractivity contribution in [3.8, 4) is 12.3 Å². The monoisotopic (exact) mass is 179 g/mol. The Labute approximate surface area is 82.5 Å². The molecular formula is C12H21N. The lowest BCUT2D eigenvalue weighted by Gasteiger charge is -2.34. The topological polar surface area (TPSA) is 3.24 Å². The quantitative estimate of drug-likeness (QED) is 0.599. The second-order valence-electron chi connectivity index (χ2n) is 4.54. The maximum atomic E-state index is 5.56. The lowest BCUT2D eigenvalue weighted by molar-refractivity contribution is 0.152. The van der Waals surface area contributed by atoms with Crippen LogP contribution in [0, 0.1) is 18.3 Å². The second kappa shape index (κ2) is 3.72. The summed E-state index contributed by atoms with van der Waals surface area (Å²) in [5.41, 5.74) is 0.446. The molecule has 0 aromatic carbocycles. The van der Waals surface area contributed by atoms with Gasteiger partial charge >= 0.3 is 0 Å². The first-order valence-corrected chi connectivity index (χ1v) is 5.26. The Kier molecular flexibility index (Phi) is 3.03. The molecule has 1 atom stereocenters. The van der Waals surface area contributed by atoms with Crippen LogP contribution in [0.4, 0.5) is 0 Å². The SMILES string of the molecule is C#CC(C(C)C)N(C)C1(CC)CC1. The van der Waals surface area contributed by atoms with Crippen LogP contribution in [0.3, 0.4) is 0 Å². The van der Waals surface area contributed by atoms with Crippen LogP contribution in [0.15, 0.2) is 0 Å². The molecule has 0 N–H and O–H groups in total. The lowest BCUT2D eigenvalue weighted by atomic mass is 10.0. The molecule has 0 bridgehead atoms. The zero-order chi connectivity index (χ0) is 10.1. The zero-order valence-electron chi connectivity index (χ0n) is 9.30. The third kappa shape index (κ3) is 1.89. The van der Waals surface area contributed by atoms with E-state index in [2.05, 4.69) is 38.6 Å². The van der Waals surface area contributed by atoms with E-state index < -0.39 is 0 Å². The van der Waals surface area contributed by atoms with E-state index in [0.29, 0.717) is 17.5 Å². The molecule has 1 nitrogen and oxygen atoms in total. The Morgan fingerprint density at radius 3 is 2.23 bits per heavy atom. The molecule has 0 aromatic rings. The van der Waals surface area contributed by atoms with Crippen molar-refractivity contribution < 1.29 is 0 Å². The molecule has 1 aliphatic carbocycles. The van der Waals surface area contributed by atoms with E-state index >= 15 is 0 Å². The Morgan fingerprint density at radius 1 is 1.46 bits per heavy atom. The van der Waals surface area contributed by atoms with Gasteiger partial charge in [-0.2, -0.15) is 0 Å². The van der Waals surface area contributed by atoms with Crippen LogP contribution in [0.1, 0.15) is 40.0 Å². The number of nitrogens with zero attached hydrogens (tertiary/aromatic N) is 1. The number of terminal acetylenes is 1. The zero-order valence-corrected chi connectivity index (χ0v) is 9.30. The first-order valence-electron chi connectivity index (χ1n) is 5.26. The molecule has 1 fully saturated rings.